The number of hydrogen-bond acceptors (Lipinski definition) is 3. The second-order valence-electron chi connectivity index (χ2n) is 4.79. The number of ether oxygens (including phenoxy) is 1. The molecule has 0 fully saturated rings. The van der Waals surface area contributed by atoms with E-state index in [1.165, 1.54) is 0 Å². The number of methoxy groups -OCH3 is 1. The molecule has 0 bridgehead atoms. The van der Waals surface area contributed by atoms with E-state index in [2.05, 4.69) is 6.92 Å². The minimum absolute atomic E-state index is 0.272. The predicted octanol–water partition coefficient (Wildman–Crippen LogP) is 2.24. The molecule has 0 aliphatic heterocycles. The maximum atomic E-state index is 10.4. The van der Waals surface area contributed by atoms with E-state index in [-0.39, 0.29) is 5.41 Å². The number of hydrogen-bond donors (Lipinski definition) is 2. The van der Waals surface area contributed by atoms with E-state index < -0.39 is 6.10 Å². The average molecular weight is 237 g/mol. The van der Waals surface area contributed by atoms with Crippen LogP contribution in [0.15, 0.2) is 24.3 Å². The minimum Gasteiger partial charge on any atom is -0.388 e. The van der Waals surface area contributed by atoms with Crippen molar-refractivity contribution in [3.05, 3.63) is 35.4 Å². The summed E-state index contributed by atoms with van der Waals surface area (Å²) in [5, 5.41) is 10.4. The van der Waals surface area contributed by atoms with Gasteiger partial charge < -0.3 is 15.6 Å². The molecule has 17 heavy (non-hydrogen) atoms. The highest BCUT2D eigenvalue weighted by Gasteiger charge is 2.30. The van der Waals surface area contributed by atoms with Crippen LogP contribution in [0.1, 0.15) is 37.5 Å². The highest BCUT2D eigenvalue weighted by Crippen LogP contribution is 2.35. The first kappa shape index (κ1) is 14.2. The van der Waals surface area contributed by atoms with Crippen molar-refractivity contribution in [2.24, 2.45) is 11.1 Å². The van der Waals surface area contributed by atoms with Crippen molar-refractivity contribution in [3.63, 3.8) is 0 Å². The summed E-state index contributed by atoms with van der Waals surface area (Å²) in [6.07, 6.45) is 0.313. The van der Waals surface area contributed by atoms with Gasteiger partial charge in [0.05, 0.1) is 12.7 Å². The third-order valence-electron chi connectivity index (χ3n) is 3.51. The summed E-state index contributed by atoms with van der Waals surface area (Å²) in [5.41, 5.74) is 7.48. The second kappa shape index (κ2) is 6.15. The topological polar surface area (TPSA) is 55.5 Å². The number of nitrogens with two attached hydrogens (primary N) is 1. The third kappa shape index (κ3) is 3.28. The van der Waals surface area contributed by atoms with Crippen molar-refractivity contribution in [1.82, 2.24) is 0 Å². The molecule has 0 aliphatic rings. The van der Waals surface area contributed by atoms with Crippen LogP contribution in [0.5, 0.6) is 0 Å². The van der Waals surface area contributed by atoms with Crippen LogP contribution in [0.2, 0.25) is 0 Å². The van der Waals surface area contributed by atoms with E-state index >= 15 is 0 Å². The van der Waals surface area contributed by atoms with Gasteiger partial charge in [-0.3, -0.25) is 0 Å². The molecule has 0 spiro atoms. The van der Waals surface area contributed by atoms with Crippen LogP contribution in [0.3, 0.4) is 0 Å². The molecule has 1 rings (SSSR count). The smallest absolute Gasteiger partial charge is 0.0855 e. The fourth-order valence-electron chi connectivity index (χ4n) is 1.87. The fourth-order valence-corrected chi connectivity index (χ4v) is 1.87. The molecule has 0 radical (unpaired) electrons. The molecule has 0 saturated carbocycles. The summed E-state index contributed by atoms with van der Waals surface area (Å²) in [6.45, 7) is 5.10. The van der Waals surface area contributed by atoms with Gasteiger partial charge in [-0.05, 0) is 17.5 Å². The van der Waals surface area contributed by atoms with Crippen LogP contribution in [0, 0.1) is 5.41 Å². The van der Waals surface area contributed by atoms with Gasteiger partial charge >= 0.3 is 0 Å². The first-order valence-corrected chi connectivity index (χ1v) is 6.03. The molecular weight excluding hydrogens is 214 g/mol. The summed E-state index contributed by atoms with van der Waals surface area (Å²) in [5.74, 6) is 0. The predicted molar refractivity (Wildman–Crippen MR) is 69.6 cm³/mol. The molecule has 0 amide bonds. The van der Waals surface area contributed by atoms with Crippen molar-refractivity contribution in [1.29, 1.82) is 0 Å². The lowest BCUT2D eigenvalue weighted by Gasteiger charge is -2.32. The SMILES string of the molecule is CCC(C)(CN)C(O)c1cccc(COC)c1. The maximum Gasteiger partial charge on any atom is 0.0855 e. The Morgan fingerprint density at radius 2 is 2.18 bits per heavy atom. The molecule has 3 heteroatoms. The lowest BCUT2D eigenvalue weighted by Crippen LogP contribution is -2.33. The van der Waals surface area contributed by atoms with Crippen LogP contribution < -0.4 is 5.73 Å². The normalized spacial score (nSPS) is 16.5. The Labute approximate surface area is 104 Å². The van der Waals surface area contributed by atoms with Crippen molar-refractivity contribution in [2.75, 3.05) is 13.7 Å². The Kier molecular flexibility index (Phi) is 5.12. The van der Waals surface area contributed by atoms with Crippen LogP contribution in [-0.4, -0.2) is 18.8 Å². The Balaban J connectivity index is 2.95. The molecular formula is C14H23NO2. The monoisotopic (exact) mass is 237 g/mol. The molecule has 96 valence electrons. The summed E-state index contributed by atoms with van der Waals surface area (Å²) in [6, 6.07) is 7.86. The number of aliphatic hydroxyl groups is 1. The molecule has 0 heterocycles. The Hall–Kier alpha value is -0.900. The van der Waals surface area contributed by atoms with Gasteiger partial charge in [-0.15, -0.1) is 0 Å². The summed E-state index contributed by atoms with van der Waals surface area (Å²) >= 11 is 0. The van der Waals surface area contributed by atoms with Gasteiger partial charge in [-0.2, -0.15) is 0 Å². The standard InChI is InChI=1S/C14H23NO2/c1-4-14(2,10-15)13(16)12-7-5-6-11(8-12)9-17-3/h5-8,13,16H,4,9-10,15H2,1-3H3. The number of rotatable bonds is 6. The van der Waals surface area contributed by atoms with Crippen LogP contribution in [0.4, 0.5) is 0 Å². The van der Waals surface area contributed by atoms with Crippen molar-refractivity contribution in [2.45, 2.75) is 33.0 Å². The highest BCUT2D eigenvalue weighted by molar-refractivity contribution is 5.26. The van der Waals surface area contributed by atoms with Crippen molar-refractivity contribution >= 4 is 0 Å². The van der Waals surface area contributed by atoms with E-state index in [1.807, 2.05) is 31.2 Å². The number of aliphatic hydroxyl groups excluding tert-OH is 1. The van der Waals surface area contributed by atoms with Crippen LogP contribution >= 0.6 is 0 Å². The summed E-state index contributed by atoms with van der Waals surface area (Å²) in [4.78, 5) is 0. The summed E-state index contributed by atoms with van der Waals surface area (Å²) < 4.78 is 5.09. The Morgan fingerprint density at radius 1 is 1.47 bits per heavy atom. The second-order valence-corrected chi connectivity index (χ2v) is 4.79. The average Bonchev–Trinajstić information content (AvgIpc) is 2.37. The zero-order valence-electron chi connectivity index (χ0n) is 10.9. The quantitative estimate of drug-likeness (QED) is 0.797. The Bertz CT molecular complexity index is 348. The minimum atomic E-state index is -0.533. The van der Waals surface area contributed by atoms with E-state index in [0.29, 0.717) is 13.2 Å². The molecule has 3 nitrogen and oxygen atoms in total. The van der Waals surface area contributed by atoms with Crippen molar-refractivity contribution in [3.8, 4) is 0 Å². The van der Waals surface area contributed by atoms with Gasteiger partial charge in [0.15, 0.2) is 0 Å². The zero-order valence-corrected chi connectivity index (χ0v) is 10.9. The van der Waals surface area contributed by atoms with Gasteiger partial charge in [-0.25, -0.2) is 0 Å². The highest BCUT2D eigenvalue weighted by atomic mass is 16.5. The first-order chi connectivity index (χ1) is 8.07. The van der Waals surface area contributed by atoms with Gasteiger partial charge in [0.1, 0.15) is 0 Å². The lowest BCUT2D eigenvalue weighted by molar-refractivity contribution is 0.0390. The third-order valence-corrected chi connectivity index (χ3v) is 3.51. The molecule has 1 aromatic rings. The van der Waals surface area contributed by atoms with Gasteiger partial charge in [0, 0.05) is 19.1 Å². The molecule has 3 N–H and O–H groups in total. The summed E-state index contributed by atoms with van der Waals surface area (Å²) in [7, 11) is 1.67. The van der Waals surface area contributed by atoms with Gasteiger partial charge in [-0.1, -0.05) is 38.1 Å². The zero-order chi connectivity index (χ0) is 12.9. The first-order valence-electron chi connectivity index (χ1n) is 6.03. The van der Waals surface area contributed by atoms with E-state index in [4.69, 9.17) is 10.5 Å². The van der Waals surface area contributed by atoms with Crippen molar-refractivity contribution < 1.29 is 9.84 Å². The molecule has 2 atom stereocenters. The van der Waals surface area contributed by atoms with Crippen LogP contribution in [0.25, 0.3) is 0 Å². The fraction of sp³-hybridized carbons (Fsp3) is 0.571. The molecule has 1 aromatic carbocycles. The maximum absolute atomic E-state index is 10.4. The molecule has 0 aliphatic carbocycles. The van der Waals surface area contributed by atoms with E-state index in [1.54, 1.807) is 7.11 Å². The van der Waals surface area contributed by atoms with Gasteiger partial charge in [0.25, 0.3) is 0 Å². The number of benzene rings is 1. The molecule has 0 aromatic heterocycles. The molecule has 0 saturated heterocycles. The van der Waals surface area contributed by atoms with E-state index in [0.717, 1.165) is 17.5 Å². The molecule has 2 unspecified atom stereocenters. The Morgan fingerprint density at radius 3 is 2.71 bits per heavy atom. The largest absolute Gasteiger partial charge is 0.388 e. The van der Waals surface area contributed by atoms with E-state index in [9.17, 15) is 5.11 Å². The van der Waals surface area contributed by atoms with Crippen LogP contribution in [-0.2, 0) is 11.3 Å². The lowest BCUT2D eigenvalue weighted by atomic mass is 9.78. The van der Waals surface area contributed by atoms with Gasteiger partial charge in [0.2, 0.25) is 0 Å².